The number of H-pyrrole nitrogens is 1. The fourth-order valence-corrected chi connectivity index (χ4v) is 4.59. The number of aromatic amines is 1. The Kier molecular flexibility index (Phi) is 5.19. The van der Waals surface area contributed by atoms with Crippen LogP contribution in [0.4, 0.5) is 5.69 Å². The van der Waals surface area contributed by atoms with Crippen molar-refractivity contribution in [3.05, 3.63) is 72.3 Å². The number of fused-ring (bicyclic) bond motifs is 1. The molecule has 1 saturated heterocycles. The largest absolute Gasteiger partial charge is 0.394 e. The highest BCUT2D eigenvalue weighted by Crippen LogP contribution is 2.41. The van der Waals surface area contributed by atoms with Crippen LogP contribution in [0.15, 0.2) is 48.7 Å². The van der Waals surface area contributed by atoms with Crippen LogP contribution < -0.4 is 10.6 Å². The van der Waals surface area contributed by atoms with Gasteiger partial charge in [-0.25, -0.2) is 0 Å². The lowest BCUT2D eigenvalue weighted by Crippen LogP contribution is -2.34. The minimum Gasteiger partial charge on any atom is -0.394 e. The number of aliphatic hydroxyl groups is 1. The quantitative estimate of drug-likeness (QED) is 0.622. The van der Waals surface area contributed by atoms with Crippen molar-refractivity contribution in [3.8, 4) is 0 Å². The summed E-state index contributed by atoms with van der Waals surface area (Å²) in [5, 5.41) is 11.1. The van der Waals surface area contributed by atoms with E-state index in [1.165, 1.54) is 22.2 Å². The average molecular weight is 362 g/mol. The van der Waals surface area contributed by atoms with Gasteiger partial charge in [-0.05, 0) is 42.0 Å². The molecule has 2 aromatic carbocycles. The maximum absolute atomic E-state index is 9.88. The molecule has 4 rings (SSSR count). The van der Waals surface area contributed by atoms with Gasteiger partial charge in [0.1, 0.15) is 0 Å². The Hall–Kier alpha value is -2.30. The molecule has 1 fully saturated rings. The molecule has 27 heavy (non-hydrogen) atoms. The summed E-state index contributed by atoms with van der Waals surface area (Å²) in [4.78, 5) is 5.77. The third-order valence-electron chi connectivity index (χ3n) is 5.91. The summed E-state index contributed by atoms with van der Waals surface area (Å²) >= 11 is 0. The van der Waals surface area contributed by atoms with Crippen LogP contribution in [0.1, 0.15) is 41.9 Å². The van der Waals surface area contributed by atoms with Gasteiger partial charge in [-0.2, -0.15) is 0 Å². The zero-order valence-electron chi connectivity index (χ0n) is 15.7. The molecule has 1 aliphatic rings. The van der Waals surface area contributed by atoms with Gasteiger partial charge in [0.2, 0.25) is 0 Å². The second-order valence-electron chi connectivity index (χ2n) is 7.36. The van der Waals surface area contributed by atoms with E-state index in [9.17, 15) is 5.11 Å². The Balaban J connectivity index is 1.87. The van der Waals surface area contributed by atoms with Gasteiger partial charge in [-0.3, -0.25) is 0 Å². The predicted molar refractivity (Wildman–Crippen MR) is 112 cm³/mol. The van der Waals surface area contributed by atoms with Crippen LogP contribution in [-0.2, 0) is 6.54 Å². The van der Waals surface area contributed by atoms with E-state index in [0.717, 1.165) is 36.9 Å². The lowest BCUT2D eigenvalue weighted by atomic mass is 9.86. The van der Waals surface area contributed by atoms with Crippen LogP contribution >= 0.6 is 0 Å². The number of aliphatic hydroxyl groups excluding tert-OH is 1. The minimum absolute atomic E-state index is 0.171. The van der Waals surface area contributed by atoms with Gasteiger partial charge in [0.15, 0.2) is 0 Å². The first-order valence-corrected chi connectivity index (χ1v) is 9.83. The number of rotatable bonds is 6. The molecular weight excluding hydrogens is 334 g/mol. The number of benzene rings is 2. The molecule has 0 spiro atoms. The van der Waals surface area contributed by atoms with E-state index in [-0.39, 0.29) is 18.6 Å². The Morgan fingerprint density at radius 1 is 1.19 bits per heavy atom. The Bertz CT molecular complexity index is 917. The average Bonchev–Trinajstić information content (AvgIpc) is 3.35. The van der Waals surface area contributed by atoms with Gasteiger partial charge in [0, 0.05) is 41.8 Å². The summed E-state index contributed by atoms with van der Waals surface area (Å²) in [5.74, 6) is 0.183. The third kappa shape index (κ3) is 3.13. The zero-order chi connectivity index (χ0) is 18.8. The highest BCUT2D eigenvalue weighted by Gasteiger charge is 2.30. The second kappa shape index (κ2) is 7.75. The van der Waals surface area contributed by atoms with Crippen molar-refractivity contribution >= 4 is 16.6 Å². The van der Waals surface area contributed by atoms with Crippen molar-refractivity contribution in [3.63, 3.8) is 0 Å². The number of nitrogens with one attached hydrogen (secondary N) is 1. The first-order chi connectivity index (χ1) is 13.3. The maximum atomic E-state index is 9.88. The summed E-state index contributed by atoms with van der Waals surface area (Å²) in [7, 11) is 0. The van der Waals surface area contributed by atoms with E-state index in [4.69, 9.17) is 5.73 Å². The van der Waals surface area contributed by atoms with Crippen LogP contribution in [0.5, 0.6) is 0 Å². The molecule has 3 aromatic rings. The summed E-state index contributed by atoms with van der Waals surface area (Å²) in [5.41, 5.74) is 12.1. The standard InChI is InChI=1S/C23H28N3O/c1-2-18(21-14-25-22-11-4-3-9-19(21)22)20-10-5-7-16(13-24)23(20)26-12-6-8-17(26)15-27/h3-5,7,9-11,14,17-18,25,27H,1-2,6,8,12-13,15,24H2/t17-,18+/m0/s1. The van der Waals surface area contributed by atoms with Crippen molar-refractivity contribution in [2.75, 3.05) is 18.1 Å². The van der Waals surface area contributed by atoms with Gasteiger partial charge in [0.25, 0.3) is 0 Å². The van der Waals surface area contributed by atoms with Crippen molar-refractivity contribution < 1.29 is 5.11 Å². The molecule has 1 aromatic heterocycles. The molecule has 2 atom stereocenters. The predicted octanol–water partition coefficient (Wildman–Crippen LogP) is 3.94. The van der Waals surface area contributed by atoms with Gasteiger partial charge in [-0.15, -0.1) is 0 Å². The first-order valence-electron chi connectivity index (χ1n) is 9.83. The molecule has 2 heterocycles. The van der Waals surface area contributed by atoms with E-state index < -0.39 is 0 Å². The Labute approximate surface area is 161 Å². The molecule has 141 valence electrons. The fraction of sp³-hybridized carbons (Fsp3) is 0.348. The van der Waals surface area contributed by atoms with Gasteiger partial charge < -0.3 is 20.7 Å². The molecule has 0 aliphatic carbocycles. The molecular formula is C23H28N3O. The summed E-state index contributed by atoms with van der Waals surface area (Å²) < 4.78 is 0. The Morgan fingerprint density at radius 2 is 2.04 bits per heavy atom. The first kappa shape index (κ1) is 18.1. The molecule has 0 bridgehead atoms. The van der Waals surface area contributed by atoms with Gasteiger partial charge in [-0.1, -0.05) is 43.3 Å². The van der Waals surface area contributed by atoms with Gasteiger partial charge in [0.05, 0.1) is 12.6 Å². The maximum Gasteiger partial charge on any atom is 0.0635 e. The van der Waals surface area contributed by atoms with Gasteiger partial charge >= 0.3 is 0 Å². The number of nitrogens with zero attached hydrogens (tertiary/aromatic N) is 1. The molecule has 4 heteroatoms. The topological polar surface area (TPSA) is 65.3 Å². The normalized spacial score (nSPS) is 18.3. The summed E-state index contributed by atoms with van der Waals surface area (Å²) in [6.07, 6.45) is 5.01. The number of nitrogens with two attached hydrogens (primary N) is 1. The van der Waals surface area contributed by atoms with Crippen LogP contribution in [0.3, 0.4) is 0 Å². The molecule has 0 unspecified atom stereocenters. The number of para-hydroxylation sites is 2. The number of anilines is 1. The molecule has 4 N–H and O–H groups in total. The Morgan fingerprint density at radius 3 is 2.81 bits per heavy atom. The zero-order valence-corrected chi connectivity index (χ0v) is 15.7. The van der Waals surface area contributed by atoms with Crippen molar-refractivity contribution in [1.82, 2.24) is 4.98 Å². The smallest absolute Gasteiger partial charge is 0.0635 e. The van der Waals surface area contributed by atoms with E-state index in [2.05, 4.69) is 65.5 Å². The number of hydrogen-bond acceptors (Lipinski definition) is 3. The van der Waals surface area contributed by atoms with Crippen molar-refractivity contribution in [1.29, 1.82) is 0 Å². The molecule has 0 amide bonds. The van der Waals surface area contributed by atoms with Crippen LogP contribution in [-0.4, -0.2) is 29.3 Å². The lowest BCUT2D eigenvalue weighted by molar-refractivity contribution is 0.266. The molecule has 0 saturated carbocycles. The summed E-state index contributed by atoms with van der Waals surface area (Å²) in [6.45, 7) is 5.92. The van der Waals surface area contributed by atoms with E-state index in [1.54, 1.807) is 0 Å². The van der Waals surface area contributed by atoms with E-state index in [0.29, 0.717) is 6.54 Å². The minimum atomic E-state index is 0.171. The number of aromatic nitrogens is 1. The summed E-state index contributed by atoms with van der Waals surface area (Å²) in [6, 6.07) is 15.0. The highest BCUT2D eigenvalue weighted by molar-refractivity contribution is 5.84. The number of hydrogen-bond donors (Lipinski definition) is 3. The van der Waals surface area contributed by atoms with Crippen LogP contribution in [0.2, 0.25) is 0 Å². The van der Waals surface area contributed by atoms with Crippen LogP contribution in [0.25, 0.3) is 10.9 Å². The van der Waals surface area contributed by atoms with E-state index >= 15 is 0 Å². The lowest BCUT2D eigenvalue weighted by Gasteiger charge is -2.32. The van der Waals surface area contributed by atoms with E-state index in [1.807, 2.05) is 0 Å². The SMILES string of the molecule is [CH2]C[C@H](c1cccc(CN)c1N1CCC[C@H]1CO)c1c[nH]c2ccccc12. The monoisotopic (exact) mass is 362 g/mol. The van der Waals surface area contributed by atoms with Crippen LogP contribution in [0, 0.1) is 6.92 Å². The molecule has 1 aliphatic heterocycles. The molecule has 1 radical (unpaired) electrons. The highest BCUT2D eigenvalue weighted by atomic mass is 16.3. The van der Waals surface area contributed by atoms with Crippen molar-refractivity contribution in [2.45, 2.75) is 37.8 Å². The third-order valence-corrected chi connectivity index (χ3v) is 5.91. The second-order valence-corrected chi connectivity index (χ2v) is 7.36. The fourth-order valence-electron chi connectivity index (χ4n) is 4.59. The van der Waals surface area contributed by atoms with Crippen molar-refractivity contribution in [2.24, 2.45) is 5.73 Å². The molecule has 4 nitrogen and oxygen atoms in total.